The number of anilines is 1. The lowest BCUT2D eigenvalue weighted by Gasteiger charge is -2.26. The van der Waals surface area contributed by atoms with Crippen LogP contribution in [-0.4, -0.2) is 16.5 Å². The van der Waals surface area contributed by atoms with E-state index in [2.05, 4.69) is 17.0 Å². The van der Waals surface area contributed by atoms with E-state index in [-0.39, 0.29) is 0 Å². The van der Waals surface area contributed by atoms with E-state index in [1.165, 1.54) is 10.5 Å². The summed E-state index contributed by atoms with van der Waals surface area (Å²) < 4.78 is 0. The molecule has 2 heterocycles. The molecule has 1 unspecified atom stereocenters. The van der Waals surface area contributed by atoms with Crippen LogP contribution in [0.2, 0.25) is 0 Å². The molecule has 0 aliphatic carbocycles. The third-order valence-corrected chi connectivity index (χ3v) is 2.13. The minimum Gasteiger partial charge on any atom is -0.464 e. The van der Waals surface area contributed by atoms with Crippen LogP contribution in [0, 0.1) is 7.05 Å². The average Bonchev–Trinajstić information content (AvgIpc) is 2.05. The van der Waals surface area contributed by atoms with Crippen molar-refractivity contribution in [2.45, 2.75) is 13.0 Å². The van der Waals surface area contributed by atoms with Gasteiger partial charge in [-0.15, -0.1) is 0 Å². The van der Waals surface area contributed by atoms with Gasteiger partial charge < -0.3 is 10.6 Å². The van der Waals surface area contributed by atoms with Crippen molar-refractivity contribution in [3.05, 3.63) is 24.5 Å². The number of hydrogen-bond donors (Lipinski definition) is 2. The number of nitrogen functional groups attached to an aromatic ring is 1. The minimum absolute atomic E-state index is 0.376. The number of fused-ring (bicyclic) bond motifs is 1. The average molecular weight is 164 g/mol. The molecular weight excluding hydrogens is 152 g/mol. The van der Waals surface area contributed by atoms with Crippen molar-refractivity contribution in [2.24, 2.45) is 0 Å². The topological polar surface area (TPSA) is 56.2 Å². The van der Waals surface area contributed by atoms with Gasteiger partial charge in [0, 0.05) is 18.2 Å². The second kappa shape index (κ2) is 2.71. The predicted octanol–water partition coefficient (Wildman–Crippen LogP) is -1.21. The number of quaternary nitrogens is 1. The van der Waals surface area contributed by atoms with E-state index < -0.39 is 0 Å². The number of nitrogens with zero attached hydrogens (tertiary/aromatic N) is 2. The largest absolute Gasteiger partial charge is 0.464 e. The minimum atomic E-state index is 0.376. The lowest BCUT2D eigenvalue weighted by Crippen LogP contribution is -3.06. The van der Waals surface area contributed by atoms with E-state index in [0.29, 0.717) is 5.95 Å². The Morgan fingerprint density at radius 1 is 1.58 bits per heavy atom. The summed E-state index contributed by atoms with van der Waals surface area (Å²) in [7, 11) is 3.95. The zero-order valence-corrected chi connectivity index (χ0v) is 6.88. The maximum atomic E-state index is 5.47. The van der Waals surface area contributed by atoms with E-state index in [9.17, 15) is 0 Å². The molecule has 4 heteroatoms. The van der Waals surface area contributed by atoms with Crippen LogP contribution in [0.4, 0.5) is 5.95 Å². The molecule has 0 saturated heterocycles. The molecule has 0 radical (unpaired) electrons. The Balaban J connectivity index is 2.37. The first-order valence-electron chi connectivity index (χ1n) is 4.02. The molecular formula is C8H12N4. The van der Waals surface area contributed by atoms with E-state index in [0.717, 1.165) is 25.2 Å². The highest BCUT2D eigenvalue weighted by Crippen LogP contribution is 2.07. The molecule has 1 aliphatic rings. The van der Waals surface area contributed by atoms with Gasteiger partial charge in [0.2, 0.25) is 5.95 Å². The maximum Gasteiger partial charge on any atom is 0.220 e. The zero-order valence-electron chi connectivity index (χ0n) is 6.88. The number of nitrogens with one attached hydrogen (secondary N) is 1. The normalized spacial score (nSPS) is 21.9. The molecule has 0 aromatic carbocycles. The Bertz CT molecular complexity index is 297. The summed E-state index contributed by atoms with van der Waals surface area (Å²) in [5.74, 6) is 0.376. The van der Waals surface area contributed by atoms with E-state index in [1.807, 2.05) is 6.20 Å². The Kier molecular flexibility index (Phi) is 1.69. The molecule has 0 saturated carbocycles. The molecule has 3 N–H and O–H groups in total. The third kappa shape index (κ3) is 1.25. The van der Waals surface area contributed by atoms with Crippen LogP contribution >= 0.6 is 0 Å². The van der Waals surface area contributed by atoms with Gasteiger partial charge in [0.1, 0.15) is 0 Å². The summed E-state index contributed by atoms with van der Waals surface area (Å²) in [5, 5.41) is 0. The summed E-state index contributed by atoms with van der Waals surface area (Å²) in [6, 6.07) is 0. The smallest absolute Gasteiger partial charge is 0.220 e. The first-order valence-corrected chi connectivity index (χ1v) is 4.02. The lowest BCUT2D eigenvalue weighted by molar-refractivity contribution is -0.870. The fourth-order valence-corrected chi connectivity index (χ4v) is 1.47. The van der Waals surface area contributed by atoms with Crippen LogP contribution in [0.5, 0.6) is 0 Å². The fraction of sp³-hybridized carbons (Fsp3) is 0.375. The van der Waals surface area contributed by atoms with Gasteiger partial charge in [-0.25, -0.2) is 9.97 Å². The predicted molar refractivity (Wildman–Crippen MR) is 45.0 cm³/mol. The summed E-state index contributed by atoms with van der Waals surface area (Å²) in [6.45, 7) is 1.94. The van der Waals surface area contributed by atoms with Crippen LogP contribution in [0.25, 0.3) is 0 Å². The van der Waals surface area contributed by atoms with Crippen molar-refractivity contribution < 1.29 is 4.90 Å². The van der Waals surface area contributed by atoms with Gasteiger partial charge >= 0.3 is 0 Å². The van der Waals surface area contributed by atoms with Gasteiger partial charge in [0.15, 0.2) is 0 Å². The molecule has 0 fully saturated rings. The molecule has 64 valence electrons. The Hall–Kier alpha value is -1.16. The van der Waals surface area contributed by atoms with Gasteiger partial charge in [-0.3, -0.25) is 0 Å². The van der Waals surface area contributed by atoms with E-state index >= 15 is 0 Å². The summed E-state index contributed by atoms with van der Waals surface area (Å²) in [4.78, 5) is 9.39. The van der Waals surface area contributed by atoms with Crippen molar-refractivity contribution in [3.63, 3.8) is 0 Å². The molecule has 1 aromatic rings. The van der Waals surface area contributed by atoms with E-state index in [1.54, 1.807) is 0 Å². The standard InChI is InChI=1S/C8H12N4/c1-12-3-2-7-6(5-12)4-10-8(9)11-7/h4,12H,1-3,5H2,(H2,9,10,11). The molecule has 1 atom stereocenters. The number of aromatic nitrogens is 2. The molecule has 1 aromatic heterocycles. The van der Waals surface area contributed by atoms with Gasteiger partial charge in [-0.1, -0.05) is 0 Å². The van der Waals surface area contributed by atoms with E-state index in [4.69, 9.17) is 5.73 Å². The Morgan fingerprint density at radius 3 is 3.25 bits per heavy atom. The first-order chi connectivity index (χ1) is 5.75. The Labute approximate surface area is 71.4 Å². The van der Waals surface area contributed by atoms with Crippen molar-refractivity contribution in [2.75, 3.05) is 12.3 Å². The molecule has 12 heavy (non-hydrogen) atoms. The highest BCUT2D eigenvalue weighted by atomic mass is 15.1. The van der Waals surface area contributed by atoms with Crippen molar-refractivity contribution in [1.29, 1.82) is 0 Å². The monoisotopic (exact) mass is 164 g/mol. The second-order valence-electron chi connectivity index (χ2n) is 3.13. The van der Waals surface area contributed by atoms with Crippen molar-refractivity contribution in [3.8, 4) is 0 Å². The highest BCUT2D eigenvalue weighted by molar-refractivity contribution is 5.25. The Morgan fingerprint density at radius 2 is 2.42 bits per heavy atom. The molecule has 0 spiro atoms. The van der Waals surface area contributed by atoms with Gasteiger partial charge in [-0.05, 0) is 0 Å². The van der Waals surface area contributed by atoms with Crippen LogP contribution in [0.15, 0.2) is 6.20 Å². The zero-order chi connectivity index (χ0) is 8.55. The SMILES string of the molecule is [CH2-][NH+]1CCc2nc(N)ncc2C1. The molecule has 0 bridgehead atoms. The summed E-state index contributed by atoms with van der Waals surface area (Å²) in [6.07, 6.45) is 2.77. The number of nitrogens with two attached hydrogens (primary N) is 1. The maximum absolute atomic E-state index is 5.47. The highest BCUT2D eigenvalue weighted by Gasteiger charge is 2.14. The fourth-order valence-electron chi connectivity index (χ4n) is 1.47. The summed E-state index contributed by atoms with van der Waals surface area (Å²) in [5.41, 5.74) is 7.75. The quantitative estimate of drug-likeness (QED) is 0.473. The van der Waals surface area contributed by atoms with Crippen LogP contribution < -0.4 is 10.6 Å². The second-order valence-corrected chi connectivity index (χ2v) is 3.13. The molecule has 4 nitrogen and oxygen atoms in total. The van der Waals surface area contributed by atoms with Gasteiger partial charge in [0.05, 0.1) is 18.8 Å². The molecule has 0 amide bonds. The number of rotatable bonds is 0. The molecule has 1 aliphatic heterocycles. The van der Waals surface area contributed by atoms with Gasteiger partial charge in [-0.2, -0.15) is 7.05 Å². The van der Waals surface area contributed by atoms with Gasteiger partial charge in [0.25, 0.3) is 0 Å². The van der Waals surface area contributed by atoms with Crippen molar-refractivity contribution in [1.82, 2.24) is 9.97 Å². The third-order valence-electron chi connectivity index (χ3n) is 2.13. The van der Waals surface area contributed by atoms with Crippen molar-refractivity contribution >= 4 is 5.95 Å². The van der Waals surface area contributed by atoms with Crippen LogP contribution in [0.1, 0.15) is 11.3 Å². The number of hydrogen-bond acceptors (Lipinski definition) is 3. The first kappa shape index (κ1) is 7.49. The lowest BCUT2D eigenvalue weighted by atomic mass is 10.1. The summed E-state index contributed by atoms with van der Waals surface area (Å²) >= 11 is 0. The van der Waals surface area contributed by atoms with Crippen LogP contribution in [-0.2, 0) is 13.0 Å². The van der Waals surface area contributed by atoms with Crippen LogP contribution in [0.3, 0.4) is 0 Å². The molecule has 2 rings (SSSR count).